The van der Waals surface area contributed by atoms with Crippen LogP contribution in [0.25, 0.3) is 0 Å². The molecule has 4 rings (SSSR count). The maximum atomic E-state index is 5.43. The van der Waals surface area contributed by atoms with Crippen LogP contribution >= 0.6 is 24.0 Å². The van der Waals surface area contributed by atoms with Gasteiger partial charge in [-0.25, -0.2) is 0 Å². The van der Waals surface area contributed by atoms with Crippen molar-refractivity contribution in [1.29, 1.82) is 0 Å². The molecule has 2 aromatic rings. The number of hydrogen-bond donors (Lipinski definition) is 1. The number of anilines is 1. The van der Waals surface area contributed by atoms with Crippen LogP contribution < -0.4 is 10.2 Å². The van der Waals surface area contributed by atoms with Gasteiger partial charge in [0.1, 0.15) is 0 Å². The van der Waals surface area contributed by atoms with Crippen molar-refractivity contribution < 1.29 is 4.74 Å². The molecule has 0 bridgehead atoms. The van der Waals surface area contributed by atoms with E-state index in [0.717, 1.165) is 58.3 Å². The van der Waals surface area contributed by atoms with E-state index < -0.39 is 0 Å². The van der Waals surface area contributed by atoms with Gasteiger partial charge in [-0.3, -0.25) is 9.67 Å². The lowest BCUT2D eigenvalue weighted by Crippen LogP contribution is -2.39. The predicted molar refractivity (Wildman–Crippen MR) is 127 cm³/mol. The Kier molecular flexibility index (Phi) is 7.77. The fourth-order valence-electron chi connectivity index (χ4n) is 4.04. The van der Waals surface area contributed by atoms with Crippen LogP contribution in [-0.4, -0.2) is 67.1 Å². The first-order valence-electron chi connectivity index (χ1n) is 10.1. The first kappa shape index (κ1) is 21.9. The largest absolute Gasteiger partial charge is 0.378 e. The number of ether oxygens (including phenoxy) is 1. The van der Waals surface area contributed by atoms with Crippen molar-refractivity contribution in [2.75, 3.05) is 51.3 Å². The lowest BCUT2D eigenvalue weighted by atomic mass is 10.0. The topological polar surface area (TPSA) is 57.9 Å². The van der Waals surface area contributed by atoms with E-state index in [2.05, 4.69) is 55.7 Å². The van der Waals surface area contributed by atoms with Gasteiger partial charge in [0.2, 0.25) is 0 Å². The summed E-state index contributed by atoms with van der Waals surface area (Å²) in [7, 11) is 3.84. The molecule has 3 heterocycles. The molecular weight excluding hydrogens is 479 g/mol. The fourth-order valence-corrected chi connectivity index (χ4v) is 4.04. The number of guanidine groups is 1. The molecule has 158 valence electrons. The van der Waals surface area contributed by atoms with Crippen molar-refractivity contribution in [3.05, 3.63) is 47.8 Å². The lowest BCUT2D eigenvalue weighted by Gasteiger charge is -2.29. The third-order valence-electron chi connectivity index (χ3n) is 5.66. The van der Waals surface area contributed by atoms with Crippen LogP contribution in [0.15, 0.2) is 41.7 Å². The average molecular weight is 510 g/mol. The molecular formula is C21H31IN6O. The van der Waals surface area contributed by atoms with Gasteiger partial charge >= 0.3 is 0 Å². The van der Waals surface area contributed by atoms with E-state index in [1.54, 1.807) is 0 Å². The van der Waals surface area contributed by atoms with Gasteiger partial charge in [0, 0.05) is 64.6 Å². The number of likely N-dealkylation sites (tertiary alicyclic amines) is 1. The first-order valence-corrected chi connectivity index (χ1v) is 10.1. The highest BCUT2D eigenvalue weighted by Gasteiger charge is 2.26. The molecule has 0 amide bonds. The molecule has 0 radical (unpaired) electrons. The Morgan fingerprint density at radius 1 is 1.21 bits per heavy atom. The highest BCUT2D eigenvalue weighted by atomic mass is 127. The summed E-state index contributed by atoms with van der Waals surface area (Å²) < 4.78 is 7.31. The van der Waals surface area contributed by atoms with Crippen molar-refractivity contribution >= 4 is 35.6 Å². The highest BCUT2D eigenvalue weighted by molar-refractivity contribution is 14.0. The second-order valence-corrected chi connectivity index (χ2v) is 7.55. The van der Waals surface area contributed by atoms with Crippen LogP contribution in [0.1, 0.15) is 23.5 Å². The van der Waals surface area contributed by atoms with Crippen LogP contribution in [0, 0.1) is 0 Å². The van der Waals surface area contributed by atoms with Gasteiger partial charge in [0.15, 0.2) is 5.96 Å². The Balaban J connectivity index is 0.00000240. The third-order valence-corrected chi connectivity index (χ3v) is 5.66. The van der Waals surface area contributed by atoms with E-state index in [1.807, 2.05) is 25.0 Å². The zero-order chi connectivity index (χ0) is 19.3. The predicted octanol–water partition coefficient (Wildman–Crippen LogP) is 2.44. The molecule has 2 saturated heterocycles. The zero-order valence-electron chi connectivity index (χ0n) is 17.3. The number of aromatic nitrogens is 2. The Morgan fingerprint density at radius 2 is 1.97 bits per heavy atom. The molecule has 0 spiro atoms. The molecule has 0 saturated carbocycles. The number of rotatable bonds is 4. The Hall–Kier alpha value is -1.81. The van der Waals surface area contributed by atoms with Crippen LogP contribution in [0.3, 0.4) is 0 Å². The van der Waals surface area contributed by atoms with E-state index in [9.17, 15) is 0 Å². The number of nitrogens with one attached hydrogen (secondary N) is 1. The first-order chi connectivity index (χ1) is 13.7. The van der Waals surface area contributed by atoms with Gasteiger partial charge in [0.25, 0.3) is 0 Å². The molecule has 2 aliphatic heterocycles. The van der Waals surface area contributed by atoms with Gasteiger partial charge in [0.05, 0.1) is 19.4 Å². The van der Waals surface area contributed by atoms with Crippen molar-refractivity contribution in [3.8, 4) is 0 Å². The number of morpholine rings is 1. The summed E-state index contributed by atoms with van der Waals surface area (Å²) in [6.07, 6.45) is 5.25. The minimum absolute atomic E-state index is 0. The summed E-state index contributed by atoms with van der Waals surface area (Å²) in [6, 6.07) is 8.82. The van der Waals surface area contributed by atoms with Gasteiger partial charge in [-0.2, -0.15) is 5.10 Å². The molecule has 7 nitrogen and oxygen atoms in total. The Bertz CT molecular complexity index is 800. The van der Waals surface area contributed by atoms with Crippen LogP contribution in [-0.2, 0) is 18.3 Å². The van der Waals surface area contributed by atoms with Crippen LogP contribution in [0.4, 0.5) is 5.69 Å². The molecule has 29 heavy (non-hydrogen) atoms. The van der Waals surface area contributed by atoms with Crippen molar-refractivity contribution in [2.24, 2.45) is 12.0 Å². The van der Waals surface area contributed by atoms with Gasteiger partial charge < -0.3 is 19.9 Å². The molecule has 1 atom stereocenters. The standard InChI is InChI=1S/C21H30N6O.HI/c1-22-21(27-8-7-18(16-27)19-14-24-25(2)15-19)23-13-17-3-5-20(6-4-17)26-9-11-28-12-10-26;/h3-6,14-15,18H,7-13,16H2,1-2H3,(H,22,23);1H. The average Bonchev–Trinajstić information content (AvgIpc) is 3.39. The number of hydrogen-bond acceptors (Lipinski definition) is 4. The summed E-state index contributed by atoms with van der Waals surface area (Å²) in [6.45, 7) is 6.36. The molecule has 1 N–H and O–H groups in total. The van der Waals surface area contributed by atoms with E-state index in [4.69, 9.17) is 4.74 Å². The third kappa shape index (κ3) is 5.42. The summed E-state index contributed by atoms with van der Waals surface area (Å²) in [5.41, 5.74) is 3.86. The Labute approximate surface area is 190 Å². The van der Waals surface area contributed by atoms with Crippen molar-refractivity contribution in [1.82, 2.24) is 20.0 Å². The highest BCUT2D eigenvalue weighted by Crippen LogP contribution is 2.26. The maximum absolute atomic E-state index is 5.43. The quantitative estimate of drug-likeness (QED) is 0.389. The van der Waals surface area contributed by atoms with E-state index in [-0.39, 0.29) is 24.0 Å². The van der Waals surface area contributed by atoms with E-state index >= 15 is 0 Å². The summed E-state index contributed by atoms with van der Waals surface area (Å²) in [5.74, 6) is 1.50. The maximum Gasteiger partial charge on any atom is 0.193 e. The molecule has 2 fully saturated rings. The second kappa shape index (κ2) is 10.3. The molecule has 1 aromatic heterocycles. The normalized spacial score (nSPS) is 19.9. The Morgan fingerprint density at radius 3 is 2.62 bits per heavy atom. The number of aryl methyl sites for hydroxylation is 1. The smallest absolute Gasteiger partial charge is 0.193 e. The number of halogens is 1. The van der Waals surface area contributed by atoms with Gasteiger partial charge in [-0.1, -0.05) is 12.1 Å². The molecule has 2 aliphatic rings. The zero-order valence-corrected chi connectivity index (χ0v) is 19.6. The molecule has 1 aromatic carbocycles. The van der Waals surface area contributed by atoms with Crippen LogP contribution in [0.2, 0.25) is 0 Å². The number of benzene rings is 1. The number of nitrogens with zero attached hydrogens (tertiary/aromatic N) is 5. The monoisotopic (exact) mass is 510 g/mol. The van der Waals surface area contributed by atoms with Gasteiger partial charge in [-0.15, -0.1) is 24.0 Å². The lowest BCUT2D eigenvalue weighted by molar-refractivity contribution is 0.122. The summed E-state index contributed by atoms with van der Waals surface area (Å²) >= 11 is 0. The fraction of sp³-hybridized carbons (Fsp3) is 0.524. The summed E-state index contributed by atoms with van der Waals surface area (Å²) in [4.78, 5) is 9.22. The molecule has 1 unspecified atom stereocenters. The number of aliphatic imine (C=N–C) groups is 1. The SMILES string of the molecule is CN=C(NCc1ccc(N2CCOCC2)cc1)N1CCC(c2cnn(C)c2)C1.I. The van der Waals surface area contributed by atoms with Crippen LogP contribution in [0.5, 0.6) is 0 Å². The van der Waals surface area contributed by atoms with Gasteiger partial charge in [-0.05, 0) is 29.7 Å². The van der Waals surface area contributed by atoms with E-state index in [1.165, 1.54) is 16.8 Å². The summed E-state index contributed by atoms with van der Waals surface area (Å²) in [5, 5.41) is 7.84. The second-order valence-electron chi connectivity index (χ2n) is 7.55. The van der Waals surface area contributed by atoms with E-state index in [0.29, 0.717) is 5.92 Å². The van der Waals surface area contributed by atoms with Crippen molar-refractivity contribution in [3.63, 3.8) is 0 Å². The van der Waals surface area contributed by atoms with Crippen molar-refractivity contribution in [2.45, 2.75) is 18.9 Å². The molecule has 0 aliphatic carbocycles. The molecule has 8 heteroatoms. The minimum Gasteiger partial charge on any atom is -0.378 e. The minimum atomic E-state index is 0.